The summed E-state index contributed by atoms with van der Waals surface area (Å²) in [5.41, 5.74) is 3.33. The van der Waals surface area contributed by atoms with Gasteiger partial charge in [0.05, 0.1) is 6.54 Å². The van der Waals surface area contributed by atoms with Crippen molar-refractivity contribution >= 4 is 30.0 Å². The zero-order chi connectivity index (χ0) is 27.4. The highest BCUT2D eigenvalue weighted by molar-refractivity contribution is 6.02. The van der Waals surface area contributed by atoms with Crippen LogP contribution in [0.2, 0.25) is 0 Å². The molecule has 0 radical (unpaired) electrons. The van der Waals surface area contributed by atoms with E-state index in [0.717, 1.165) is 22.3 Å². The number of fused-ring (bicyclic) bond motifs is 3. The number of hydrogen-bond acceptors (Lipinski definition) is 8. The molecule has 2 aromatic carbocycles. The Morgan fingerprint density at radius 1 is 0.921 bits per heavy atom. The lowest BCUT2D eigenvalue weighted by atomic mass is 9.98. The lowest BCUT2D eigenvalue weighted by Gasteiger charge is -2.23. The summed E-state index contributed by atoms with van der Waals surface area (Å²) in [5.74, 6) is -2.69. The molecule has 200 valence electrons. The standard InChI is InChI=1S/C27H29N3O8/c1-27(2,3)37-25(34)28-14-21(24(33)38-30-22(31)12-13-23(30)32)29-26(35)36-15-20-18-10-6-4-8-16(18)17-9-5-7-11-19(17)20/h4-11,20-21H,12-15H2,1-3H3,(H,28,34)(H,29,35). The van der Waals surface area contributed by atoms with E-state index in [0.29, 0.717) is 5.06 Å². The maximum Gasteiger partial charge on any atom is 0.407 e. The fourth-order valence-electron chi connectivity index (χ4n) is 4.29. The van der Waals surface area contributed by atoms with E-state index in [1.165, 1.54) is 0 Å². The number of nitrogens with one attached hydrogen (secondary N) is 2. The van der Waals surface area contributed by atoms with Gasteiger partial charge in [-0.15, -0.1) is 5.06 Å². The number of amides is 4. The number of rotatable bonds is 7. The number of ether oxygens (including phenoxy) is 2. The number of carbonyl (C=O) groups excluding carboxylic acids is 5. The van der Waals surface area contributed by atoms with Crippen LogP contribution < -0.4 is 10.6 Å². The second kappa shape index (κ2) is 10.9. The summed E-state index contributed by atoms with van der Waals surface area (Å²) in [6.07, 6.45) is -1.96. The van der Waals surface area contributed by atoms with E-state index < -0.39 is 48.2 Å². The number of alkyl carbamates (subject to hydrolysis) is 2. The number of carbonyl (C=O) groups is 5. The number of hydroxylamine groups is 2. The molecular weight excluding hydrogens is 494 g/mol. The molecule has 0 saturated carbocycles. The summed E-state index contributed by atoms with van der Waals surface area (Å²) in [7, 11) is 0. The van der Waals surface area contributed by atoms with E-state index in [4.69, 9.17) is 14.3 Å². The quantitative estimate of drug-likeness (QED) is 0.528. The molecule has 11 heteroatoms. The van der Waals surface area contributed by atoms with Crippen LogP contribution in [0.25, 0.3) is 11.1 Å². The predicted octanol–water partition coefficient (Wildman–Crippen LogP) is 3.03. The highest BCUT2D eigenvalue weighted by Crippen LogP contribution is 2.44. The first-order valence-corrected chi connectivity index (χ1v) is 12.2. The fourth-order valence-corrected chi connectivity index (χ4v) is 4.29. The number of benzene rings is 2. The first-order chi connectivity index (χ1) is 18.0. The Kier molecular flexibility index (Phi) is 7.65. The summed E-state index contributed by atoms with van der Waals surface area (Å²) >= 11 is 0. The van der Waals surface area contributed by atoms with Crippen LogP contribution >= 0.6 is 0 Å². The molecule has 4 rings (SSSR count). The molecule has 1 heterocycles. The Hall–Kier alpha value is -4.41. The molecule has 1 aliphatic heterocycles. The van der Waals surface area contributed by atoms with Crippen molar-refractivity contribution in [3.8, 4) is 11.1 Å². The van der Waals surface area contributed by atoms with Gasteiger partial charge in [0.2, 0.25) is 0 Å². The second-order valence-electron chi connectivity index (χ2n) is 9.90. The van der Waals surface area contributed by atoms with Gasteiger partial charge in [0.1, 0.15) is 18.2 Å². The van der Waals surface area contributed by atoms with Crippen molar-refractivity contribution in [3.63, 3.8) is 0 Å². The molecule has 0 spiro atoms. The van der Waals surface area contributed by atoms with Gasteiger partial charge in [-0.1, -0.05) is 48.5 Å². The van der Waals surface area contributed by atoms with Crippen molar-refractivity contribution < 1.29 is 38.3 Å². The maximum atomic E-state index is 12.8. The van der Waals surface area contributed by atoms with Gasteiger partial charge in [0.25, 0.3) is 11.8 Å². The van der Waals surface area contributed by atoms with Crippen molar-refractivity contribution in [2.75, 3.05) is 13.2 Å². The van der Waals surface area contributed by atoms with E-state index in [-0.39, 0.29) is 25.4 Å². The van der Waals surface area contributed by atoms with Crippen LogP contribution in [0.3, 0.4) is 0 Å². The maximum absolute atomic E-state index is 12.8. The molecule has 4 amide bonds. The van der Waals surface area contributed by atoms with E-state index in [1.54, 1.807) is 20.8 Å². The zero-order valence-electron chi connectivity index (χ0n) is 21.3. The average molecular weight is 524 g/mol. The highest BCUT2D eigenvalue weighted by Gasteiger charge is 2.36. The summed E-state index contributed by atoms with van der Waals surface area (Å²) in [6, 6.07) is 14.2. The van der Waals surface area contributed by atoms with Gasteiger partial charge in [-0.3, -0.25) is 9.59 Å². The minimum absolute atomic E-state index is 0.00970. The van der Waals surface area contributed by atoms with Gasteiger partial charge >= 0.3 is 18.2 Å². The molecule has 2 N–H and O–H groups in total. The summed E-state index contributed by atoms with van der Waals surface area (Å²) in [4.78, 5) is 66.3. The van der Waals surface area contributed by atoms with Gasteiger partial charge in [-0.2, -0.15) is 0 Å². The normalized spacial score (nSPS) is 15.4. The van der Waals surface area contributed by atoms with Crippen LogP contribution in [0.15, 0.2) is 48.5 Å². The average Bonchev–Trinajstić information content (AvgIpc) is 3.36. The Morgan fingerprint density at radius 3 is 2.03 bits per heavy atom. The van der Waals surface area contributed by atoms with E-state index >= 15 is 0 Å². The van der Waals surface area contributed by atoms with Crippen molar-refractivity contribution in [2.45, 2.75) is 51.2 Å². The van der Waals surface area contributed by atoms with E-state index in [9.17, 15) is 24.0 Å². The van der Waals surface area contributed by atoms with Gasteiger partial charge in [-0.25, -0.2) is 14.4 Å². The lowest BCUT2D eigenvalue weighted by molar-refractivity contribution is -0.198. The Morgan fingerprint density at radius 2 is 1.47 bits per heavy atom. The van der Waals surface area contributed by atoms with E-state index in [2.05, 4.69) is 10.6 Å². The van der Waals surface area contributed by atoms with Gasteiger partial charge in [0, 0.05) is 18.8 Å². The molecule has 1 fully saturated rings. The fraction of sp³-hybridized carbons (Fsp3) is 0.370. The molecule has 1 unspecified atom stereocenters. The van der Waals surface area contributed by atoms with Crippen LogP contribution in [-0.2, 0) is 28.7 Å². The SMILES string of the molecule is CC(C)(C)OC(=O)NCC(NC(=O)OCC1c2ccccc2-c2ccccc21)C(=O)ON1C(=O)CCC1=O. The van der Waals surface area contributed by atoms with Crippen LogP contribution in [0.5, 0.6) is 0 Å². The predicted molar refractivity (Wildman–Crippen MR) is 133 cm³/mol. The van der Waals surface area contributed by atoms with Crippen molar-refractivity contribution in [1.29, 1.82) is 0 Å². The van der Waals surface area contributed by atoms with Crippen molar-refractivity contribution in [1.82, 2.24) is 15.7 Å². The Labute approximate surface area is 219 Å². The minimum atomic E-state index is -1.47. The summed E-state index contributed by atoms with van der Waals surface area (Å²) < 4.78 is 10.6. The van der Waals surface area contributed by atoms with Crippen molar-refractivity contribution in [2.24, 2.45) is 0 Å². The molecule has 1 atom stereocenters. The smallest absolute Gasteiger partial charge is 0.407 e. The molecule has 2 aliphatic rings. The Balaban J connectivity index is 1.42. The first-order valence-electron chi connectivity index (χ1n) is 12.2. The molecule has 38 heavy (non-hydrogen) atoms. The number of hydrogen-bond donors (Lipinski definition) is 2. The summed E-state index contributed by atoms with van der Waals surface area (Å²) in [5, 5.41) is 5.09. The third-order valence-electron chi connectivity index (χ3n) is 5.96. The largest absolute Gasteiger partial charge is 0.449 e. The molecule has 1 saturated heterocycles. The summed E-state index contributed by atoms with van der Waals surface area (Å²) in [6.45, 7) is 4.55. The van der Waals surface area contributed by atoms with Crippen molar-refractivity contribution in [3.05, 3.63) is 59.7 Å². The molecule has 1 aliphatic carbocycles. The number of nitrogens with zero attached hydrogens (tertiary/aromatic N) is 1. The molecule has 11 nitrogen and oxygen atoms in total. The molecule has 0 aromatic heterocycles. The molecule has 0 bridgehead atoms. The van der Waals surface area contributed by atoms with Gasteiger partial charge in [0.15, 0.2) is 0 Å². The molecule has 2 aromatic rings. The zero-order valence-corrected chi connectivity index (χ0v) is 21.3. The monoisotopic (exact) mass is 523 g/mol. The number of imide groups is 1. The van der Waals surface area contributed by atoms with E-state index in [1.807, 2.05) is 48.5 Å². The third kappa shape index (κ3) is 6.10. The van der Waals surface area contributed by atoms with Gasteiger partial charge in [-0.05, 0) is 43.0 Å². The molecular formula is C27H29N3O8. The second-order valence-corrected chi connectivity index (χ2v) is 9.90. The highest BCUT2D eigenvalue weighted by atomic mass is 16.7. The Bertz CT molecular complexity index is 1210. The third-order valence-corrected chi connectivity index (χ3v) is 5.96. The first kappa shape index (κ1) is 26.6. The van der Waals surface area contributed by atoms with Crippen LogP contribution in [0, 0.1) is 0 Å². The lowest BCUT2D eigenvalue weighted by Crippen LogP contribution is -2.51. The van der Waals surface area contributed by atoms with Gasteiger partial charge < -0.3 is 24.9 Å². The van der Waals surface area contributed by atoms with Crippen LogP contribution in [-0.4, -0.2) is 59.8 Å². The minimum Gasteiger partial charge on any atom is -0.449 e. The van der Waals surface area contributed by atoms with Crippen LogP contribution in [0.1, 0.15) is 50.7 Å². The topological polar surface area (TPSA) is 140 Å². The van der Waals surface area contributed by atoms with Crippen LogP contribution in [0.4, 0.5) is 9.59 Å².